The van der Waals surface area contributed by atoms with E-state index in [0.29, 0.717) is 19.4 Å². The SMILES string of the molecule is Cc1ccc(C2CC3C4NN=C(CCC(=O)NCCCc5ccccc5)N4C=CN3N2)cc1C. The molecule has 0 aromatic heterocycles. The lowest BCUT2D eigenvalue weighted by atomic mass is 9.97. The van der Waals surface area contributed by atoms with Gasteiger partial charge in [0.15, 0.2) is 0 Å². The number of benzene rings is 2. The molecule has 0 spiro atoms. The molecule has 3 unspecified atom stereocenters. The first-order chi connectivity index (χ1) is 16.6. The van der Waals surface area contributed by atoms with Gasteiger partial charge in [-0.2, -0.15) is 5.10 Å². The monoisotopic (exact) mass is 458 g/mol. The lowest BCUT2D eigenvalue weighted by Crippen LogP contribution is -2.54. The Kier molecular flexibility index (Phi) is 6.54. The summed E-state index contributed by atoms with van der Waals surface area (Å²) in [5.41, 5.74) is 12.2. The van der Waals surface area contributed by atoms with Gasteiger partial charge >= 0.3 is 0 Å². The van der Waals surface area contributed by atoms with Crippen LogP contribution in [0.1, 0.15) is 54.0 Å². The van der Waals surface area contributed by atoms with Crippen LogP contribution >= 0.6 is 0 Å². The maximum Gasteiger partial charge on any atom is 0.220 e. The van der Waals surface area contributed by atoms with Crippen molar-refractivity contribution in [1.29, 1.82) is 0 Å². The van der Waals surface area contributed by atoms with Gasteiger partial charge in [0, 0.05) is 31.8 Å². The maximum atomic E-state index is 12.4. The standard InChI is InChI=1S/C27H34N6O/c1-19-10-11-22(17-20(19)2)23-18-24-27-30-29-25(32(27)15-16-33(24)31-23)12-13-26(34)28-14-6-9-21-7-4-3-5-8-21/h3-5,7-8,10-11,15-17,23-24,27,30-31H,6,9,12-14,18H2,1-2H3,(H,28,34). The number of carbonyl (C=O) groups is 1. The number of hydrazone groups is 1. The zero-order valence-corrected chi connectivity index (χ0v) is 20.0. The van der Waals surface area contributed by atoms with E-state index in [4.69, 9.17) is 0 Å². The molecule has 1 amide bonds. The summed E-state index contributed by atoms with van der Waals surface area (Å²) in [6, 6.07) is 17.6. The van der Waals surface area contributed by atoms with Gasteiger partial charge in [0.25, 0.3) is 0 Å². The van der Waals surface area contributed by atoms with Crippen molar-refractivity contribution in [3.05, 3.63) is 83.2 Å². The third kappa shape index (κ3) is 4.80. The summed E-state index contributed by atoms with van der Waals surface area (Å²) in [6.07, 6.45) is 8.22. The van der Waals surface area contributed by atoms with Crippen LogP contribution in [-0.4, -0.2) is 40.4 Å². The number of rotatable bonds is 8. The number of hydrazine groups is 1. The minimum Gasteiger partial charge on any atom is -0.356 e. The first-order valence-electron chi connectivity index (χ1n) is 12.3. The average molecular weight is 459 g/mol. The number of fused-ring (bicyclic) bond motifs is 3. The van der Waals surface area contributed by atoms with Crippen molar-refractivity contribution in [2.75, 3.05) is 6.54 Å². The van der Waals surface area contributed by atoms with Gasteiger partial charge in [-0.15, -0.1) is 0 Å². The van der Waals surface area contributed by atoms with Crippen LogP contribution in [0.3, 0.4) is 0 Å². The number of hydrogen-bond donors (Lipinski definition) is 3. The molecule has 0 saturated carbocycles. The van der Waals surface area contributed by atoms with E-state index >= 15 is 0 Å². The second-order valence-electron chi connectivity index (χ2n) is 9.48. The number of amidine groups is 1. The molecule has 3 aliphatic rings. The molecule has 1 saturated heterocycles. The van der Waals surface area contributed by atoms with Crippen molar-refractivity contribution in [3.63, 3.8) is 0 Å². The Balaban J connectivity index is 1.09. The van der Waals surface area contributed by atoms with Gasteiger partial charge in [0.1, 0.15) is 12.0 Å². The van der Waals surface area contributed by atoms with Crippen LogP contribution in [0.4, 0.5) is 0 Å². The number of carbonyl (C=O) groups excluding carboxylic acids is 1. The van der Waals surface area contributed by atoms with E-state index in [-0.39, 0.29) is 24.2 Å². The molecule has 178 valence electrons. The van der Waals surface area contributed by atoms with Crippen molar-refractivity contribution < 1.29 is 4.79 Å². The summed E-state index contributed by atoms with van der Waals surface area (Å²) in [7, 11) is 0. The minimum absolute atomic E-state index is 0.0815. The molecule has 3 N–H and O–H groups in total. The Morgan fingerprint density at radius 2 is 1.94 bits per heavy atom. The molecule has 3 aliphatic heterocycles. The zero-order chi connectivity index (χ0) is 23.5. The molecule has 7 nitrogen and oxygen atoms in total. The number of amides is 1. The van der Waals surface area contributed by atoms with Gasteiger partial charge in [-0.1, -0.05) is 48.5 Å². The van der Waals surface area contributed by atoms with E-state index in [1.54, 1.807) is 0 Å². The molecule has 3 heterocycles. The van der Waals surface area contributed by atoms with Crippen molar-refractivity contribution in [2.24, 2.45) is 5.10 Å². The van der Waals surface area contributed by atoms with Gasteiger partial charge < -0.3 is 15.2 Å². The van der Waals surface area contributed by atoms with Gasteiger partial charge in [-0.25, -0.2) is 5.43 Å². The molecule has 0 aliphatic carbocycles. The fourth-order valence-corrected chi connectivity index (χ4v) is 4.99. The first kappa shape index (κ1) is 22.5. The molecule has 1 fully saturated rings. The van der Waals surface area contributed by atoms with Gasteiger partial charge in [-0.3, -0.25) is 10.2 Å². The highest BCUT2D eigenvalue weighted by molar-refractivity contribution is 5.89. The fraction of sp³-hybridized carbons (Fsp3) is 0.407. The molecule has 2 aromatic carbocycles. The van der Waals surface area contributed by atoms with Crippen LogP contribution in [0.2, 0.25) is 0 Å². The third-order valence-corrected chi connectivity index (χ3v) is 7.13. The van der Waals surface area contributed by atoms with Crippen molar-refractivity contribution in [2.45, 2.75) is 64.2 Å². The first-order valence-corrected chi connectivity index (χ1v) is 12.3. The van der Waals surface area contributed by atoms with Crippen LogP contribution in [-0.2, 0) is 11.2 Å². The third-order valence-electron chi connectivity index (χ3n) is 7.13. The summed E-state index contributed by atoms with van der Waals surface area (Å²) in [5, 5.41) is 9.83. The smallest absolute Gasteiger partial charge is 0.220 e. The van der Waals surface area contributed by atoms with Crippen molar-refractivity contribution in [1.82, 2.24) is 26.1 Å². The lowest BCUT2D eigenvalue weighted by molar-refractivity contribution is -0.120. The van der Waals surface area contributed by atoms with Crippen LogP contribution in [0, 0.1) is 13.8 Å². The van der Waals surface area contributed by atoms with Crippen LogP contribution < -0.4 is 16.2 Å². The van der Waals surface area contributed by atoms with E-state index in [0.717, 1.165) is 25.1 Å². The summed E-state index contributed by atoms with van der Waals surface area (Å²) in [4.78, 5) is 14.6. The Hall–Kier alpha value is -3.32. The maximum absolute atomic E-state index is 12.4. The molecule has 34 heavy (non-hydrogen) atoms. The normalized spacial score (nSPS) is 22.8. The molecule has 3 atom stereocenters. The quantitative estimate of drug-likeness (QED) is 0.529. The van der Waals surface area contributed by atoms with E-state index in [1.165, 1.54) is 22.3 Å². The second-order valence-corrected chi connectivity index (χ2v) is 9.48. The molecule has 0 radical (unpaired) electrons. The summed E-state index contributed by atoms with van der Waals surface area (Å²) >= 11 is 0. The summed E-state index contributed by atoms with van der Waals surface area (Å²) in [5.74, 6) is 1.01. The highest BCUT2D eigenvalue weighted by Crippen LogP contribution is 2.34. The van der Waals surface area contributed by atoms with E-state index < -0.39 is 0 Å². The number of nitrogens with zero attached hydrogens (tertiary/aromatic N) is 3. The molecule has 2 aromatic rings. The average Bonchev–Trinajstić information content (AvgIpc) is 3.47. The lowest BCUT2D eigenvalue weighted by Gasteiger charge is -2.37. The Morgan fingerprint density at radius 3 is 2.76 bits per heavy atom. The van der Waals surface area contributed by atoms with Crippen LogP contribution in [0.5, 0.6) is 0 Å². The molecular weight excluding hydrogens is 424 g/mol. The molecule has 0 bridgehead atoms. The molecule has 5 rings (SSSR count). The summed E-state index contributed by atoms with van der Waals surface area (Å²) in [6.45, 7) is 5.02. The van der Waals surface area contributed by atoms with E-state index in [9.17, 15) is 4.79 Å². The molecular formula is C27H34N6O. The second kappa shape index (κ2) is 9.89. The van der Waals surface area contributed by atoms with E-state index in [1.807, 2.05) is 6.07 Å². The Bertz CT molecular complexity index is 1080. The fourth-order valence-electron chi connectivity index (χ4n) is 4.99. The molecule has 7 heteroatoms. The predicted molar refractivity (Wildman–Crippen MR) is 134 cm³/mol. The van der Waals surface area contributed by atoms with Crippen molar-refractivity contribution >= 4 is 11.7 Å². The van der Waals surface area contributed by atoms with Gasteiger partial charge in [0.05, 0.1) is 12.1 Å². The highest BCUT2D eigenvalue weighted by Gasteiger charge is 2.44. The Labute approximate surface area is 201 Å². The highest BCUT2D eigenvalue weighted by atomic mass is 16.1. The predicted octanol–water partition coefficient (Wildman–Crippen LogP) is 3.48. The largest absolute Gasteiger partial charge is 0.356 e. The Morgan fingerprint density at radius 1 is 1.09 bits per heavy atom. The number of aryl methyl sites for hydroxylation is 3. The minimum atomic E-state index is 0.0815. The van der Waals surface area contributed by atoms with Crippen LogP contribution in [0.25, 0.3) is 0 Å². The number of hydrogen-bond acceptors (Lipinski definition) is 6. The van der Waals surface area contributed by atoms with Crippen LogP contribution in [0.15, 0.2) is 66.0 Å². The summed E-state index contributed by atoms with van der Waals surface area (Å²) < 4.78 is 0. The zero-order valence-electron chi connectivity index (χ0n) is 20.0. The van der Waals surface area contributed by atoms with Crippen molar-refractivity contribution in [3.8, 4) is 0 Å². The van der Waals surface area contributed by atoms with E-state index in [2.05, 4.69) is 99.9 Å². The number of nitrogens with one attached hydrogen (secondary N) is 3. The van der Waals surface area contributed by atoms with Gasteiger partial charge in [-0.05, 0) is 55.4 Å². The van der Waals surface area contributed by atoms with Gasteiger partial charge in [0.2, 0.25) is 5.91 Å². The topological polar surface area (TPSA) is 72.0 Å².